The predicted octanol–water partition coefficient (Wildman–Crippen LogP) is 4.80. The number of halogens is 2. The fourth-order valence-electron chi connectivity index (χ4n) is 7.51. The number of allylic oxidation sites excluding steroid dienone is 4. The van der Waals surface area contributed by atoms with E-state index in [9.17, 15) is 0 Å². The van der Waals surface area contributed by atoms with Crippen LogP contribution in [0.1, 0.15) is 115 Å². The standard InChI is InChI=1S/C39H46.2ClH.Zr/c1-36(2,3)27-15-17-30-31-18-16-28(37(4,5)6)23-33(31)35(32(30)22-27)39(26-13-11-10-12-14-26)20-19-25-21-29(24-34(25)39)38(7,8)9;;;/h10-18,22-24,35H,19-21H2,1-9H3;2*1H;/q;;;+2/p-2. The maximum atomic E-state index is 2.63. The Hall–Kier alpha value is -1.40. The molecule has 1 atom stereocenters. The Morgan fingerprint density at radius 2 is 1.14 bits per heavy atom. The number of rotatable bonds is 2. The van der Waals surface area contributed by atoms with Gasteiger partial charge in [-0.1, -0.05) is 146 Å². The van der Waals surface area contributed by atoms with Crippen molar-refractivity contribution >= 4 is 0 Å². The fourth-order valence-corrected chi connectivity index (χ4v) is 7.51. The molecule has 0 radical (unpaired) electrons. The first kappa shape index (κ1) is 35.1. The molecule has 0 saturated heterocycles. The second-order valence-electron chi connectivity index (χ2n) is 15.5. The van der Waals surface area contributed by atoms with Crippen LogP contribution in [0.25, 0.3) is 11.1 Å². The minimum atomic E-state index is -0.0589. The van der Waals surface area contributed by atoms with Crippen molar-refractivity contribution in [3.05, 3.63) is 117 Å². The molecule has 0 nitrogen and oxygen atoms in total. The van der Waals surface area contributed by atoms with Gasteiger partial charge in [-0.05, 0) is 80.0 Å². The molecule has 0 spiro atoms. The normalized spacial score (nSPS) is 19.7. The van der Waals surface area contributed by atoms with Crippen LogP contribution in [-0.4, -0.2) is 0 Å². The van der Waals surface area contributed by atoms with E-state index in [1.165, 1.54) is 51.8 Å². The van der Waals surface area contributed by atoms with E-state index in [1.807, 2.05) is 0 Å². The summed E-state index contributed by atoms with van der Waals surface area (Å²) in [5.41, 5.74) is 15.5. The van der Waals surface area contributed by atoms with E-state index in [1.54, 1.807) is 16.7 Å². The molecular weight excluding hydrogens is 631 g/mol. The van der Waals surface area contributed by atoms with E-state index in [2.05, 4.69) is 135 Å². The number of hydrogen-bond donors (Lipinski definition) is 0. The molecule has 0 saturated carbocycles. The van der Waals surface area contributed by atoms with Crippen molar-refractivity contribution in [2.75, 3.05) is 0 Å². The molecule has 6 rings (SSSR count). The summed E-state index contributed by atoms with van der Waals surface area (Å²) in [6, 6.07) is 26.3. The van der Waals surface area contributed by atoms with Gasteiger partial charge in [0.05, 0.1) is 0 Å². The molecule has 0 fully saturated rings. The van der Waals surface area contributed by atoms with Crippen molar-refractivity contribution in [2.45, 2.75) is 104 Å². The van der Waals surface area contributed by atoms with Gasteiger partial charge < -0.3 is 24.8 Å². The van der Waals surface area contributed by atoms with Gasteiger partial charge in [0, 0.05) is 11.3 Å². The van der Waals surface area contributed by atoms with Crippen LogP contribution in [0.3, 0.4) is 0 Å². The van der Waals surface area contributed by atoms with Crippen LogP contribution in [0.15, 0.2) is 89.5 Å². The first-order valence-electron chi connectivity index (χ1n) is 15.0. The average molecular weight is 677 g/mol. The monoisotopic (exact) mass is 674 g/mol. The molecule has 0 bridgehead atoms. The first-order chi connectivity index (χ1) is 18.2. The minimum absolute atomic E-state index is 0. The first-order valence-corrected chi connectivity index (χ1v) is 15.0. The van der Waals surface area contributed by atoms with Gasteiger partial charge in [-0.15, -0.1) is 0 Å². The molecule has 0 aliphatic heterocycles. The molecule has 1 unspecified atom stereocenters. The Kier molecular flexibility index (Phi) is 9.89. The Labute approximate surface area is 286 Å². The van der Waals surface area contributed by atoms with Crippen molar-refractivity contribution in [3.8, 4) is 11.1 Å². The van der Waals surface area contributed by atoms with Gasteiger partial charge in [-0.2, -0.15) is 0 Å². The van der Waals surface area contributed by atoms with E-state index >= 15 is 0 Å². The Bertz CT molecular complexity index is 1460. The zero-order valence-corrected chi connectivity index (χ0v) is 30.9. The van der Waals surface area contributed by atoms with Crippen LogP contribution in [-0.2, 0) is 42.4 Å². The van der Waals surface area contributed by atoms with Crippen molar-refractivity contribution in [3.63, 3.8) is 0 Å². The van der Waals surface area contributed by atoms with Crippen molar-refractivity contribution < 1.29 is 51.0 Å². The van der Waals surface area contributed by atoms with Crippen LogP contribution in [0.5, 0.6) is 0 Å². The van der Waals surface area contributed by atoms with E-state index in [0.29, 0.717) is 5.92 Å². The molecule has 42 heavy (non-hydrogen) atoms. The molecule has 3 aliphatic carbocycles. The number of hydrogen-bond acceptors (Lipinski definition) is 0. The van der Waals surface area contributed by atoms with E-state index in [-0.39, 0.29) is 72.7 Å². The van der Waals surface area contributed by atoms with Gasteiger partial charge in [-0.25, -0.2) is 0 Å². The third kappa shape index (κ3) is 5.61. The van der Waals surface area contributed by atoms with Gasteiger partial charge in [-0.3, -0.25) is 0 Å². The van der Waals surface area contributed by atoms with Crippen molar-refractivity contribution in [1.29, 1.82) is 0 Å². The maximum absolute atomic E-state index is 2.63. The quantitative estimate of drug-likeness (QED) is 0.366. The summed E-state index contributed by atoms with van der Waals surface area (Å²) in [5, 5.41) is 0. The zero-order chi connectivity index (χ0) is 28.0. The van der Waals surface area contributed by atoms with E-state index in [4.69, 9.17) is 0 Å². The summed E-state index contributed by atoms with van der Waals surface area (Å²) in [7, 11) is 0. The summed E-state index contributed by atoms with van der Waals surface area (Å²) in [6.45, 7) is 21.3. The maximum Gasteiger partial charge on any atom is 2.00 e. The summed E-state index contributed by atoms with van der Waals surface area (Å²) in [5.74, 6) is 0.303. The molecule has 3 aromatic carbocycles. The van der Waals surface area contributed by atoms with Crippen LogP contribution in [0.2, 0.25) is 0 Å². The van der Waals surface area contributed by atoms with Crippen LogP contribution in [0, 0.1) is 5.41 Å². The van der Waals surface area contributed by atoms with Gasteiger partial charge in [0.1, 0.15) is 0 Å². The fraction of sp³-hybridized carbons (Fsp3) is 0.436. The van der Waals surface area contributed by atoms with E-state index < -0.39 is 0 Å². The van der Waals surface area contributed by atoms with Gasteiger partial charge >= 0.3 is 26.2 Å². The Morgan fingerprint density at radius 3 is 1.60 bits per heavy atom. The molecule has 3 aliphatic rings. The van der Waals surface area contributed by atoms with Crippen molar-refractivity contribution in [2.24, 2.45) is 5.41 Å². The zero-order valence-electron chi connectivity index (χ0n) is 26.9. The average Bonchev–Trinajstić information content (AvgIpc) is 3.53. The third-order valence-electron chi connectivity index (χ3n) is 9.90. The van der Waals surface area contributed by atoms with Crippen LogP contribution >= 0.6 is 0 Å². The Morgan fingerprint density at radius 1 is 0.643 bits per heavy atom. The molecule has 0 aromatic heterocycles. The number of benzene rings is 3. The van der Waals surface area contributed by atoms with Gasteiger partial charge in [0.25, 0.3) is 0 Å². The predicted molar refractivity (Wildman–Crippen MR) is 168 cm³/mol. The molecule has 0 amide bonds. The van der Waals surface area contributed by atoms with Gasteiger partial charge in [0.15, 0.2) is 0 Å². The summed E-state index contributed by atoms with van der Waals surface area (Å²) < 4.78 is 0. The molecule has 220 valence electrons. The molecule has 3 heteroatoms. The van der Waals surface area contributed by atoms with Crippen molar-refractivity contribution in [1.82, 2.24) is 0 Å². The van der Waals surface area contributed by atoms with Crippen LogP contribution < -0.4 is 24.8 Å². The Balaban J connectivity index is 0.00000161. The third-order valence-corrected chi connectivity index (χ3v) is 9.90. The SMILES string of the molecule is CC(C)(C)C1=CC2=C(CCC2(c2ccccc2)C2c3cc(C(C)(C)C)ccc3-c3ccc(C(C)(C)C)cc32)C1.[Cl-].[Cl-].[Zr+2]. The minimum Gasteiger partial charge on any atom is -1.00 e. The van der Waals surface area contributed by atoms with Gasteiger partial charge in [0.2, 0.25) is 0 Å². The second kappa shape index (κ2) is 11.8. The summed E-state index contributed by atoms with van der Waals surface area (Å²) >= 11 is 0. The number of fused-ring (bicyclic) bond motifs is 3. The smallest absolute Gasteiger partial charge is 1.00 e. The molecule has 0 N–H and O–H groups in total. The molecule has 3 aromatic rings. The second-order valence-corrected chi connectivity index (χ2v) is 15.5. The van der Waals surface area contributed by atoms with Crippen LogP contribution in [0.4, 0.5) is 0 Å². The largest absolute Gasteiger partial charge is 2.00 e. The summed E-state index contributed by atoms with van der Waals surface area (Å²) in [6.07, 6.45) is 6.15. The topological polar surface area (TPSA) is 0 Å². The van der Waals surface area contributed by atoms with E-state index in [0.717, 1.165) is 6.42 Å². The summed E-state index contributed by atoms with van der Waals surface area (Å²) in [4.78, 5) is 0. The molecule has 0 heterocycles. The molecular formula is C39H46Cl2Zr.